The maximum atomic E-state index is 5.61. The first-order valence-corrected chi connectivity index (χ1v) is 6.03. The van der Waals surface area contributed by atoms with E-state index in [1.807, 2.05) is 18.4 Å². The molecule has 2 nitrogen and oxygen atoms in total. The molecule has 1 aliphatic rings. The summed E-state index contributed by atoms with van der Waals surface area (Å²) in [6.07, 6.45) is 1.56. The second kappa shape index (κ2) is 4.43. The van der Waals surface area contributed by atoms with E-state index in [0.29, 0.717) is 18.1 Å². The van der Waals surface area contributed by atoms with Crippen molar-refractivity contribution >= 4 is 11.3 Å². The van der Waals surface area contributed by atoms with Gasteiger partial charge in [-0.05, 0) is 31.8 Å². The van der Waals surface area contributed by atoms with Gasteiger partial charge in [0.2, 0.25) is 0 Å². The highest BCUT2D eigenvalue weighted by Crippen LogP contribution is 2.34. The van der Waals surface area contributed by atoms with Crippen molar-refractivity contribution in [2.24, 2.45) is 5.92 Å². The summed E-state index contributed by atoms with van der Waals surface area (Å²) in [7, 11) is 2.04. The van der Waals surface area contributed by atoms with Crippen LogP contribution in [0.25, 0.3) is 0 Å². The molecule has 1 aliphatic heterocycles. The van der Waals surface area contributed by atoms with Crippen LogP contribution in [0, 0.1) is 5.92 Å². The molecule has 0 spiro atoms. The molecule has 0 aromatic carbocycles. The van der Waals surface area contributed by atoms with Gasteiger partial charge in [-0.3, -0.25) is 0 Å². The van der Waals surface area contributed by atoms with E-state index >= 15 is 0 Å². The molecule has 3 unspecified atom stereocenters. The van der Waals surface area contributed by atoms with Crippen LogP contribution < -0.4 is 5.32 Å². The average molecular weight is 211 g/mol. The van der Waals surface area contributed by atoms with Gasteiger partial charge < -0.3 is 10.1 Å². The third kappa shape index (κ3) is 1.85. The molecule has 0 amide bonds. The maximum absolute atomic E-state index is 5.61. The van der Waals surface area contributed by atoms with Gasteiger partial charge in [0, 0.05) is 23.4 Å². The normalized spacial score (nSPS) is 29.3. The lowest BCUT2D eigenvalue weighted by molar-refractivity contribution is 0.0966. The van der Waals surface area contributed by atoms with Crippen LogP contribution in [0.4, 0.5) is 0 Å². The molecule has 0 saturated carbocycles. The first-order valence-electron chi connectivity index (χ1n) is 5.15. The standard InChI is InChI=1S/C11H17NOS/c1-8-9(5-6-13-8)11(12-2)10-4-3-7-14-10/h3-4,7-9,11-12H,5-6H2,1-2H3. The summed E-state index contributed by atoms with van der Waals surface area (Å²) in [5.41, 5.74) is 0. The fourth-order valence-electron chi connectivity index (χ4n) is 2.22. The van der Waals surface area contributed by atoms with Crippen molar-refractivity contribution in [1.29, 1.82) is 0 Å². The van der Waals surface area contributed by atoms with Crippen molar-refractivity contribution in [3.63, 3.8) is 0 Å². The monoisotopic (exact) mass is 211 g/mol. The predicted molar refractivity (Wildman–Crippen MR) is 59.6 cm³/mol. The van der Waals surface area contributed by atoms with Crippen molar-refractivity contribution < 1.29 is 4.74 Å². The van der Waals surface area contributed by atoms with Crippen molar-refractivity contribution in [3.8, 4) is 0 Å². The van der Waals surface area contributed by atoms with Crippen LogP contribution in [-0.4, -0.2) is 19.8 Å². The fourth-order valence-corrected chi connectivity index (χ4v) is 3.13. The number of thiophene rings is 1. The van der Waals surface area contributed by atoms with Crippen LogP contribution in [-0.2, 0) is 4.74 Å². The van der Waals surface area contributed by atoms with Gasteiger partial charge in [0.05, 0.1) is 6.10 Å². The summed E-state index contributed by atoms with van der Waals surface area (Å²) in [6, 6.07) is 4.79. The van der Waals surface area contributed by atoms with Crippen LogP contribution in [0.1, 0.15) is 24.3 Å². The molecular weight excluding hydrogens is 194 g/mol. The number of hydrogen-bond donors (Lipinski definition) is 1. The van der Waals surface area contributed by atoms with Crippen LogP contribution >= 0.6 is 11.3 Å². The van der Waals surface area contributed by atoms with E-state index in [2.05, 4.69) is 29.8 Å². The smallest absolute Gasteiger partial charge is 0.0594 e. The molecule has 1 aromatic rings. The number of nitrogens with one attached hydrogen (secondary N) is 1. The Morgan fingerprint density at radius 3 is 3.00 bits per heavy atom. The van der Waals surface area contributed by atoms with Crippen LogP contribution in [0.15, 0.2) is 17.5 Å². The lowest BCUT2D eigenvalue weighted by atomic mass is 9.92. The molecule has 0 radical (unpaired) electrons. The second-order valence-corrected chi connectivity index (χ2v) is 4.79. The van der Waals surface area contributed by atoms with E-state index < -0.39 is 0 Å². The lowest BCUT2D eigenvalue weighted by Crippen LogP contribution is -2.28. The van der Waals surface area contributed by atoms with Gasteiger partial charge in [-0.2, -0.15) is 0 Å². The van der Waals surface area contributed by atoms with Crippen LogP contribution in [0.3, 0.4) is 0 Å². The molecule has 3 atom stereocenters. The number of ether oxygens (including phenoxy) is 1. The second-order valence-electron chi connectivity index (χ2n) is 3.81. The van der Waals surface area contributed by atoms with E-state index in [-0.39, 0.29) is 0 Å². The summed E-state index contributed by atoms with van der Waals surface area (Å²) in [6.45, 7) is 3.09. The van der Waals surface area contributed by atoms with Gasteiger partial charge in [0.15, 0.2) is 0 Å². The van der Waals surface area contributed by atoms with Gasteiger partial charge in [-0.1, -0.05) is 6.07 Å². The first kappa shape index (κ1) is 10.1. The van der Waals surface area contributed by atoms with Crippen LogP contribution in [0.2, 0.25) is 0 Å². The van der Waals surface area contributed by atoms with Crippen LogP contribution in [0.5, 0.6) is 0 Å². The average Bonchev–Trinajstić information content (AvgIpc) is 2.80. The van der Waals surface area contributed by atoms with E-state index in [1.54, 1.807) is 0 Å². The third-order valence-electron chi connectivity index (χ3n) is 3.02. The van der Waals surface area contributed by atoms with Gasteiger partial charge in [-0.25, -0.2) is 0 Å². The van der Waals surface area contributed by atoms with Crippen molar-refractivity contribution in [3.05, 3.63) is 22.4 Å². The van der Waals surface area contributed by atoms with Gasteiger partial charge in [0.1, 0.15) is 0 Å². The Kier molecular flexibility index (Phi) is 3.21. The Morgan fingerprint density at radius 1 is 1.64 bits per heavy atom. The molecular formula is C11H17NOS. The van der Waals surface area contributed by atoms with E-state index in [0.717, 1.165) is 6.61 Å². The molecule has 14 heavy (non-hydrogen) atoms. The Hall–Kier alpha value is -0.380. The molecule has 1 saturated heterocycles. The Balaban J connectivity index is 2.13. The molecule has 0 aliphatic carbocycles. The Morgan fingerprint density at radius 2 is 2.50 bits per heavy atom. The van der Waals surface area contributed by atoms with Crippen molar-refractivity contribution in [2.45, 2.75) is 25.5 Å². The maximum Gasteiger partial charge on any atom is 0.0594 e. The van der Waals surface area contributed by atoms with Gasteiger partial charge in [-0.15, -0.1) is 11.3 Å². The fraction of sp³-hybridized carbons (Fsp3) is 0.636. The third-order valence-corrected chi connectivity index (χ3v) is 3.98. The molecule has 3 heteroatoms. The summed E-state index contributed by atoms with van der Waals surface area (Å²) in [5, 5.41) is 5.55. The first-order chi connectivity index (χ1) is 6.83. The molecule has 0 bridgehead atoms. The number of rotatable bonds is 3. The zero-order chi connectivity index (χ0) is 9.97. The zero-order valence-corrected chi connectivity index (χ0v) is 9.51. The van der Waals surface area contributed by atoms with E-state index in [9.17, 15) is 0 Å². The minimum Gasteiger partial charge on any atom is -0.378 e. The summed E-state index contributed by atoms with van der Waals surface area (Å²) < 4.78 is 5.61. The van der Waals surface area contributed by atoms with E-state index in [1.165, 1.54) is 11.3 Å². The molecule has 1 N–H and O–H groups in total. The minimum absolute atomic E-state index is 0.384. The minimum atomic E-state index is 0.384. The summed E-state index contributed by atoms with van der Waals surface area (Å²) in [4.78, 5) is 1.43. The molecule has 2 rings (SSSR count). The molecule has 78 valence electrons. The molecule has 1 fully saturated rings. The Labute approximate surface area is 89.3 Å². The highest BCUT2D eigenvalue weighted by molar-refractivity contribution is 7.10. The predicted octanol–water partition coefficient (Wildman–Crippen LogP) is 2.43. The highest BCUT2D eigenvalue weighted by atomic mass is 32.1. The SMILES string of the molecule is CNC(c1cccs1)C1CCOC1C. The van der Waals surface area contributed by atoms with E-state index in [4.69, 9.17) is 4.74 Å². The summed E-state index contributed by atoms with van der Waals surface area (Å²) >= 11 is 1.83. The van der Waals surface area contributed by atoms with Crippen molar-refractivity contribution in [2.75, 3.05) is 13.7 Å². The lowest BCUT2D eigenvalue weighted by Gasteiger charge is -2.24. The zero-order valence-electron chi connectivity index (χ0n) is 8.69. The largest absolute Gasteiger partial charge is 0.378 e. The number of hydrogen-bond acceptors (Lipinski definition) is 3. The topological polar surface area (TPSA) is 21.3 Å². The van der Waals surface area contributed by atoms with Gasteiger partial charge >= 0.3 is 0 Å². The summed E-state index contributed by atoms with van der Waals surface area (Å²) in [5.74, 6) is 0.624. The Bertz CT molecular complexity index is 273. The van der Waals surface area contributed by atoms with Crippen molar-refractivity contribution in [1.82, 2.24) is 5.32 Å². The quantitative estimate of drug-likeness (QED) is 0.829. The van der Waals surface area contributed by atoms with Gasteiger partial charge in [0.25, 0.3) is 0 Å². The molecule has 2 heterocycles. The molecule has 1 aromatic heterocycles. The highest BCUT2D eigenvalue weighted by Gasteiger charge is 2.32.